The molecule has 106 valence electrons. The molecule has 18 heavy (non-hydrogen) atoms. The number of halogens is 4. The summed E-state index contributed by atoms with van der Waals surface area (Å²) < 4.78 is 41.3. The number of aryl methyl sites for hydroxylation is 2. The Hall–Kier alpha value is -1.01. The number of hydrogen-bond acceptors (Lipinski definition) is 1. The van der Waals surface area contributed by atoms with Crippen molar-refractivity contribution in [3.8, 4) is 0 Å². The van der Waals surface area contributed by atoms with Crippen molar-refractivity contribution in [1.82, 2.24) is 9.55 Å². The molecule has 0 bridgehead atoms. The fraction of sp³-hybridized carbons (Fsp3) is 0.727. The summed E-state index contributed by atoms with van der Waals surface area (Å²) in [6.45, 7) is 10.9. The summed E-state index contributed by atoms with van der Waals surface area (Å²) in [6.07, 6.45) is 4.55. The van der Waals surface area contributed by atoms with Crippen LogP contribution in [0.1, 0.15) is 45.1 Å². The Morgan fingerprint density at radius 2 is 1.67 bits per heavy atom. The molecule has 0 N–H and O–H groups in total. The van der Waals surface area contributed by atoms with Crippen LogP contribution < -0.4 is 0 Å². The van der Waals surface area contributed by atoms with E-state index < -0.39 is 7.25 Å². The topological polar surface area (TPSA) is 17.8 Å². The standard InChI is InChI=1S/C11H20N2.BF4/c1-6-7-11(4,5)13-8-9(2)12-10(13)3;2-1(3,4)5/h8H,6-7H2,1-5H3;/q;-1. The summed E-state index contributed by atoms with van der Waals surface area (Å²) in [5.41, 5.74) is 1.32. The van der Waals surface area contributed by atoms with Gasteiger partial charge in [-0.15, -0.1) is 0 Å². The third-order valence-corrected chi connectivity index (χ3v) is 2.52. The maximum Gasteiger partial charge on any atom is 0.673 e. The average molecular weight is 267 g/mol. The molecule has 0 saturated heterocycles. The van der Waals surface area contributed by atoms with Crippen LogP contribution in [-0.4, -0.2) is 16.8 Å². The highest BCUT2D eigenvalue weighted by atomic mass is 19.5. The van der Waals surface area contributed by atoms with Crippen molar-refractivity contribution in [2.24, 2.45) is 0 Å². The van der Waals surface area contributed by atoms with E-state index in [1.807, 2.05) is 6.92 Å². The van der Waals surface area contributed by atoms with Gasteiger partial charge in [0.25, 0.3) is 0 Å². The van der Waals surface area contributed by atoms with Crippen LogP contribution >= 0.6 is 0 Å². The van der Waals surface area contributed by atoms with E-state index in [1.54, 1.807) is 0 Å². The number of aromatic nitrogens is 2. The SMILES string of the molecule is CCCC(C)(C)n1cc(C)nc1C.F[B-](F)(F)F. The lowest BCUT2D eigenvalue weighted by atomic mass is 9.98. The van der Waals surface area contributed by atoms with Gasteiger partial charge in [0.15, 0.2) is 0 Å². The van der Waals surface area contributed by atoms with Gasteiger partial charge in [-0.25, -0.2) is 4.98 Å². The normalized spacial score (nSPS) is 12.1. The zero-order valence-electron chi connectivity index (χ0n) is 11.5. The fourth-order valence-electron chi connectivity index (χ4n) is 1.96. The molecule has 0 saturated carbocycles. The van der Waals surface area contributed by atoms with Crippen LogP contribution in [-0.2, 0) is 5.54 Å². The van der Waals surface area contributed by atoms with Gasteiger partial charge in [0, 0.05) is 11.7 Å². The minimum atomic E-state index is -6.00. The van der Waals surface area contributed by atoms with Crippen LogP contribution in [0.2, 0.25) is 0 Å². The van der Waals surface area contributed by atoms with Gasteiger partial charge in [-0.2, -0.15) is 0 Å². The Kier molecular flexibility index (Phi) is 5.90. The Morgan fingerprint density at radius 3 is 1.94 bits per heavy atom. The van der Waals surface area contributed by atoms with E-state index in [-0.39, 0.29) is 5.54 Å². The molecule has 0 aliphatic heterocycles. The summed E-state index contributed by atoms with van der Waals surface area (Å²) in [7, 11) is -6.00. The number of nitrogens with zero attached hydrogens (tertiary/aromatic N) is 2. The van der Waals surface area contributed by atoms with Crippen molar-refractivity contribution in [3.05, 3.63) is 17.7 Å². The van der Waals surface area contributed by atoms with Crippen LogP contribution in [0.5, 0.6) is 0 Å². The molecule has 7 heteroatoms. The summed E-state index contributed by atoms with van der Waals surface area (Å²) >= 11 is 0. The second-order valence-electron chi connectivity index (χ2n) is 4.86. The largest absolute Gasteiger partial charge is 0.673 e. The highest BCUT2D eigenvalue weighted by Crippen LogP contribution is 2.23. The molecule has 2 nitrogen and oxygen atoms in total. The van der Waals surface area contributed by atoms with Gasteiger partial charge < -0.3 is 21.8 Å². The number of rotatable bonds is 3. The minimum Gasteiger partial charge on any atom is -0.418 e. The van der Waals surface area contributed by atoms with Crippen molar-refractivity contribution in [2.45, 2.75) is 53.0 Å². The number of imidazole rings is 1. The molecule has 0 radical (unpaired) electrons. The molecule has 0 aromatic carbocycles. The van der Waals surface area contributed by atoms with Crippen molar-refractivity contribution in [2.75, 3.05) is 0 Å². The Morgan fingerprint density at radius 1 is 1.22 bits per heavy atom. The van der Waals surface area contributed by atoms with E-state index in [4.69, 9.17) is 0 Å². The molecular formula is C11H20BF4N2-. The summed E-state index contributed by atoms with van der Waals surface area (Å²) in [5, 5.41) is 0. The van der Waals surface area contributed by atoms with E-state index in [2.05, 4.69) is 43.4 Å². The van der Waals surface area contributed by atoms with Crippen molar-refractivity contribution >= 4 is 7.25 Å². The first-order chi connectivity index (χ1) is 7.97. The smallest absolute Gasteiger partial charge is 0.418 e. The molecule has 0 unspecified atom stereocenters. The molecule has 0 spiro atoms. The van der Waals surface area contributed by atoms with Gasteiger partial charge in [-0.3, -0.25) is 0 Å². The monoisotopic (exact) mass is 267 g/mol. The van der Waals surface area contributed by atoms with E-state index in [9.17, 15) is 17.3 Å². The maximum atomic E-state index is 9.75. The van der Waals surface area contributed by atoms with Crippen molar-refractivity contribution in [1.29, 1.82) is 0 Å². The lowest BCUT2D eigenvalue weighted by molar-refractivity contribution is 0.317. The third-order valence-electron chi connectivity index (χ3n) is 2.52. The summed E-state index contributed by atoms with van der Waals surface area (Å²) in [6, 6.07) is 0. The fourth-order valence-corrected chi connectivity index (χ4v) is 1.96. The van der Waals surface area contributed by atoms with Crippen LogP contribution in [0, 0.1) is 13.8 Å². The highest BCUT2D eigenvalue weighted by molar-refractivity contribution is 6.50. The Balaban J connectivity index is 0.000000494. The second kappa shape index (κ2) is 6.25. The molecule has 0 aliphatic rings. The van der Waals surface area contributed by atoms with E-state index >= 15 is 0 Å². The Labute approximate surface area is 106 Å². The molecule has 1 aromatic rings. The van der Waals surface area contributed by atoms with Gasteiger partial charge in [-0.05, 0) is 34.1 Å². The van der Waals surface area contributed by atoms with Crippen LogP contribution in [0.25, 0.3) is 0 Å². The van der Waals surface area contributed by atoms with Crippen molar-refractivity contribution in [3.63, 3.8) is 0 Å². The molecule has 0 amide bonds. The van der Waals surface area contributed by atoms with Crippen LogP contribution in [0.4, 0.5) is 17.3 Å². The summed E-state index contributed by atoms with van der Waals surface area (Å²) in [5.74, 6) is 1.12. The lowest BCUT2D eigenvalue weighted by Gasteiger charge is -2.27. The number of hydrogen-bond donors (Lipinski definition) is 0. The van der Waals surface area contributed by atoms with Crippen LogP contribution in [0.3, 0.4) is 0 Å². The van der Waals surface area contributed by atoms with Crippen LogP contribution in [0.15, 0.2) is 6.20 Å². The Bertz CT molecular complexity index is 366. The van der Waals surface area contributed by atoms with Gasteiger partial charge in [0.1, 0.15) is 5.82 Å². The first-order valence-electron chi connectivity index (χ1n) is 5.87. The molecule has 1 aromatic heterocycles. The van der Waals surface area contributed by atoms with Gasteiger partial charge >= 0.3 is 7.25 Å². The predicted molar refractivity (Wildman–Crippen MR) is 66.1 cm³/mol. The zero-order valence-corrected chi connectivity index (χ0v) is 11.5. The quantitative estimate of drug-likeness (QED) is 0.588. The second-order valence-corrected chi connectivity index (χ2v) is 4.86. The van der Waals surface area contributed by atoms with E-state index in [0.29, 0.717) is 0 Å². The first-order valence-corrected chi connectivity index (χ1v) is 5.87. The summed E-state index contributed by atoms with van der Waals surface area (Å²) in [4.78, 5) is 4.42. The molecule has 0 aliphatic carbocycles. The predicted octanol–water partition coefficient (Wildman–Crippen LogP) is 4.34. The molecule has 1 rings (SSSR count). The first kappa shape index (κ1) is 17.0. The van der Waals surface area contributed by atoms with Gasteiger partial charge in [0.2, 0.25) is 0 Å². The molecular weight excluding hydrogens is 247 g/mol. The zero-order chi connectivity index (χ0) is 14.6. The highest BCUT2D eigenvalue weighted by Gasteiger charge is 2.21. The average Bonchev–Trinajstić information content (AvgIpc) is 2.42. The lowest BCUT2D eigenvalue weighted by Crippen LogP contribution is -2.26. The molecule has 0 atom stereocenters. The third kappa shape index (κ3) is 6.66. The molecule has 0 fully saturated rings. The van der Waals surface area contributed by atoms with Gasteiger partial charge in [0.05, 0.1) is 5.69 Å². The van der Waals surface area contributed by atoms with Gasteiger partial charge in [-0.1, -0.05) is 13.3 Å². The minimum absolute atomic E-state index is 0.208. The van der Waals surface area contributed by atoms with E-state index in [0.717, 1.165) is 11.5 Å². The maximum absolute atomic E-state index is 9.75. The van der Waals surface area contributed by atoms with E-state index in [1.165, 1.54) is 12.8 Å². The van der Waals surface area contributed by atoms with Crippen molar-refractivity contribution < 1.29 is 17.3 Å². The molecule has 1 heterocycles.